The number of nitrogens with one attached hydrogen (secondary N) is 2. The third kappa shape index (κ3) is 4.44. The monoisotopic (exact) mass is 294 g/mol. The summed E-state index contributed by atoms with van der Waals surface area (Å²) in [5, 5.41) is 16.2. The Labute approximate surface area is 121 Å². The second kappa shape index (κ2) is 6.21. The number of rotatable bonds is 6. The van der Waals surface area contributed by atoms with E-state index in [0.717, 1.165) is 0 Å². The summed E-state index contributed by atoms with van der Waals surface area (Å²) in [7, 11) is 1.53. The van der Waals surface area contributed by atoms with Gasteiger partial charge in [0.15, 0.2) is 0 Å². The van der Waals surface area contributed by atoms with Crippen LogP contribution in [0.5, 0.6) is 0 Å². The second-order valence-electron chi connectivity index (χ2n) is 5.22. The van der Waals surface area contributed by atoms with E-state index in [1.165, 1.54) is 25.2 Å². The van der Waals surface area contributed by atoms with Crippen molar-refractivity contribution in [1.82, 2.24) is 5.32 Å². The molecule has 0 atom stereocenters. The van der Waals surface area contributed by atoms with E-state index in [0.29, 0.717) is 0 Å². The summed E-state index contributed by atoms with van der Waals surface area (Å²) >= 11 is 0. The van der Waals surface area contributed by atoms with Crippen molar-refractivity contribution in [1.29, 1.82) is 0 Å². The molecule has 0 saturated carbocycles. The zero-order chi connectivity index (χ0) is 16.2. The number of nitrogens with two attached hydrogens (primary N) is 1. The number of hydrogen-bond acceptors (Lipinski definition) is 5. The Bertz CT molecular complexity index is 584. The van der Waals surface area contributed by atoms with Gasteiger partial charge in [-0.1, -0.05) is 0 Å². The Hall–Kier alpha value is -2.64. The van der Waals surface area contributed by atoms with Crippen LogP contribution in [-0.4, -0.2) is 29.3 Å². The van der Waals surface area contributed by atoms with E-state index >= 15 is 0 Å². The van der Waals surface area contributed by atoms with Crippen molar-refractivity contribution < 1.29 is 14.5 Å². The molecule has 0 spiro atoms. The van der Waals surface area contributed by atoms with Gasteiger partial charge in [-0.05, 0) is 26.0 Å². The van der Waals surface area contributed by atoms with Crippen LogP contribution in [0.4, 0.5) is 11.4 Å². The number of carbonyl (C=O) groups excluding carboxylic acids is 2. The van der Waals surface area contributed by atoms with Gasteiger partial charge in [-0.25, -0.2) is 0 Å². The van der Waals surface area contributed by atoms with Crippen molar-refractivity contribution in [2.45, 2.75) is 25.8 Å². The number of nitrogens with zero attached hydrogens (tertiary/aromatic N) is 1. The lowest BCUT2D eigenvalue weighted by Gasteiger charge is -2.24. The fraction of sp³-hybridized carbons (Fsp3) is 0.385. The Kier molecular flexibility index (Phi) is 4.85. The molecule has 4 N–H and O–H groups in total. The van der Waals surface area contributed by atoms with Crippen LogP contribution in [0.1, 0.15) is 30.6 Å². The van der Waals surface area contributed by atoms with Gasteiger partial charge in [-0.15, -0.1) is 0 Å². The molecule has 0 heterocycles. The molecule has 8 heteroatoms. The fourth-order valence-electron chi connectivity index (χ4n) is 1.90. The lowest BCUT2D eigenvalue weighted by molar-refractivity contribution is -0.383. The van der Waals surface area contributed by atoms with E-state index in [4.69, 9.17) is 5.73 Å². The van der Waals surface area contributed by atoms with Crippen LogP contribution >= 0.6 is 0 Å². The number of hydrogen-bond donors (Lipinski definition) is 3. The van der Waals surface area contributed by atoms with Crippen molar-refractivity contribution in [3.05, 3.63) is 33.9 Å². The van der Waals surface area contributed by atoms with Crippen LogP contribution in [0, 0.1) is 10.1 Å². The van der Waals surface area contributed by atoms with Gasteiger partial charge in [0, 0.05) is 30.6 Å². The highest BCUT2D eigenvalue weighted by atomic mass is 16.6. The molecular formula is C13H18N4O4. The van der Waals surface area contributed by atoms with Gasteiger partial charge >= 0.3 is 0 Å². The maximum atomic E-state index is 12.1. The molecule has 0 aliphatic carbocycles. The number of anilines is 1. The van der Waals surface area contributed by atoms with Crippen molar-refractivity contribution >= 4 is 23.2 Å². The largest absolute Gasteiger partial charge is 0.383 e. The van der Waals surface area contributed by atoms with Gasteiger partial charge in [0.2, 0.25) is 5.91 Å². The lowest BCUT2D eigenvalue weighted by Crippen LogP contribution is -2.46. The Balaban J connectivity index is 2.98. The predicted molar refractivity (Wildman–Crippen MR) is 78.0 cm³/mol. The van der Waals surface area contributed by atoms with E-state index in [9.17, 15) is 19.7 Å². The maximum absolute atomic E-state index is 12.1. The van der Waals surface area contributed by atoms with Crippen molar-refractivity contribution in [3.8, 4) is 0 Å². The number of primary amides is 1. The first-order chi connectivity index (χ1) is 9.66. The Morgan fingerprint density at radius 2 is 2.00 bits per heavy atom. The van der Waals surface area contributed by atoms with Gasteiger partial charge in [0.1, 0.15) is 5.69 Å². The summed E-state index contributed by atoms with van der Waals surface area (Å²) in [6, 6.07) is 3.99. The van der Waals surface area contributed by atoms with E-state index < -0.39 is 22.3 Å². The summed E-state index contributed by atoms with van der Waals surface area (Å²) in [6.07, 6.45) is -0.00932. The van der Waals surface area contributed by atoms with Crippen LogP contribution < -0.4 is 16.4 Å². The van der Waals surface area contributed by atoms with Crippen molar-refractivity contribution in [2.24, 2.45) is 5.73 Å². The summed E-state index contributed by atoms with van der Waals surface area (Å²) in [6.45, 7) is 3.33. The van der Waals surface area contributed by atoms with E-state index in [-0.39, 0.29) is 23.4 Å². The molecule has 21 heavy (non-hydrogen) atoms. The minimum Gasteiger partial charge on any atom is -0.383 e. The molecule has 2 amide bonds. The SMILES string of the molecule is CNc1cc(C(=O)NC(C)(C)CC(N)=O)ccc1[N+](=O)[O-]. The van der Waals surface area contributed by atoms with Crippen LogP contribution in [0.15, 0.2) is 18.2 Å². The molecule has 0 fully saturated rings. The normalized spacial score (nSPS) is 10.8. The highest BCUT2D eigenvalue weighted by Crippen LogP contribution is 2.25. The minimum atomic E-state index is -0.801. The Morgan fingerprint density at radius 1 is 1.38 bits per heavy atom. The fourth-order valence-corrected chi connectivity index (χ4v) is 1.90. The summed E-state index contributed by atoms with van der Waals surface area (Å²) < 4.78 is 0. The zero-order valence-corrected chi connectivity index (χ0v) is 12.1. The van der Waals surface area contributed by atoms with E-state index in [1.807, 2.05) is 0 Å². The standard InChI is InChI=1S/C13H18N4O4/c1-13(2,7-11(14)18)16-12(19)8-4-5-10(17(20)21)9(6-8)15-3/h4-6,15H,7H2,1-3H3,(H2,14,18)(H,16,19). The summed E-state index contributed by atoms with van der Waals surface area (Å²) in [5.74, 6) is -0.965. The molecule has 0 unspecified atom stereocenters. The molecule has 1 aromatic rings. The molecule has 1 rings (SSSR count). The number of nitro benzene ring substituents is 1. The first kappa shape index (κ1) is 16.4. The maximum Gasteiger partial charge on any atom is 0.292 e. The molecule has 0 bridgehead atoms. The molecule has 114 valence electrons. The highest BCUT2D eigenvalue weighted by molar-refractivity contribution is 5.96. The van der Waals surface area contributed by atoms with Crippen molar-refractivity contribution in [2.75, 3.05) is 12.4 Å². The van der Waals surface area contributed by atoms with E-state index in [2.05, 4.69) is 10.6 Å². The summed E-state index contributed by atoms with van der Waals surface area (Å²) in [5.41, 5.74) is 4.68. The third-order valence-electron chi connectivity index (χ3n) is 2.79. The molecule has 0 radical (unpaired) electrons. The van der Waals surface area contributed by atoms with Gasteiger partial charge in [-0.2, -0.15) is 0 Å². The minimum absolute atomic E-state index is 0.00932. The van der Waals surface area contributed by atoms with Gasteiger partial charge < -0.3 is 16.4 Å². The number of amides is 2. The van der Waals surface area contributed by atoms with Gasteiger partial charge in [-0.3, -0.25) is 19.7 Å². The molecular weight excluding hydrogens is 276 g/mol. The van der Waals surface area contributed by atoms with Crippen LogP contribution in [-0.2, 0) is 4.79 Å². The number of benzene rings is 1. The quantitative estimate of drug-likeness (QED) is 0.533. The van der Waals surface area contributed by atoms with Crippen molar-refractivity contribution in [3.63, 3.8) is 0 Å². The van der Waals surface area contributed by atoms with Crippen LogP contribution in [0.3, 0.4) is 0 Å². The topological polar surface area (TPSA) is 127 Å². The molecule has 8 nitrogen and oxygen atoms in total. The first-order valence-corrected chi connectivity index (χ1v) is 6.23. The average molecular weight is 294 g/mol. The third-order valence-corrected chi connectivity index (χ3v) is 2.79. The molecule has 0 aliphatic rings. The van der Waals surface area contributed by atoms with E-state index in [1.54, 1.807) is 13.8 Å². The average Bonchev–Trinajstić information content (AvgIpc) is 2.35. The molecule has 0 aliphatic heterocycles. The van der Waals surface area contributed by atoms with Gasteiger partial charge in [0.05, 0.1) is 4.92 Å². The molecule has 0 saturated heterocycles. The smallest absolute Gasteiger partial charge is 0.292 e. The second-order valence-corrected chi connectivity index (χ2v) is 5.22. The number of nitro groups is 1. The van der Waals surface area contributed by atoms with Gasteiger partial charge in [0.25, 0.3) is 11.6 Å². The Morgan fingerprint density at radius 3 is 2.48 bits per heavy atom. The van der Waals surface area contributed by atoms with Crippen LogP contribution in [0.25, 0.3) is 0 Å². The highest BCUT2D eigenvalue weighted by Gasteiger charge is 2.24. The first-order valence-electron chi connectivity index (χ1n) is 6.23. The molecule has 0 aromatic heterocycles. The number of carbonyl (C=O) groups is 2. The molecule has 1 aromatic carbocycles. The lowest BCUT2D eigenvalue weighted by atomic mass is 9.99. The van der Waals surface area contributed by atoms with Crippen LogP contribution in [0.2, 0.25) is 0 Å². The zero-order valence-electron chi connectivity index (χ0n) is 12.1. The summed E-state index contributed by atoms with van der Waals surface area (Å²) in [4.78, 5) is 33.4. The predicted octanol–water partition coefficient (Wildman–Crippen LogP) is 1.02.